The summed E-state index contributed by atoms with van der Waals surface area (Å²) < 4.78 is 6.11. The van der Waals surface area contributed by atoms with Crippen molar-refractivity contribution in [3.05, 3.63) is 40.9 Å². The lowest BCUT2D eigenvalue weighted by Crippen LogP contribution is -2.17. The van der Waals surface area contributed by atoms with E-state index in [-0.39, 0.29) is 5.91 Å². The zero-order valence-corrected chi connectivity index (χ0v) is 12.9. The normalized spacial score (nSPS) is 16.5. The second-order valence-electron chi connectivity index (χ2n) is 4.37. The molecule has 0 unspecified atom stereocenters. The number of ether oxygens (including phenoxy) is 1. The number of hydrogen-bond acceptors (Lipinski definition) is 5. The Morgan fingerprint density at radius 2 is 2.29 bits per heavy atom. The summed E-state index contributed by atoms with van der Waals surface area (Å²) in [5.74, 6) is 0.642. The van der Waals surface area contributed by atoms with Gasteiger partial charge in [-0.1, -0.05) is 30.0 Å². The fourth-order valence-electron chi connectivity index (χ4n) is 2.08. The summed E-state index contributed by atoms with van der Waals surface area (Å²) >= 11 is 6.26. The number of carbonyl (C=O) groups excluding carboxylic acids is 1. The van der Waals surface area contributed by atoms with E-state index in [1.165, 1.54) is 11.8 Å². The van der Waals surface area contributed by atoms with E-state index in [1.807, 2.05) is 37.3 Å². The first-order valence-corrected chi connectivity index (χ1v) is 7.66. The van der Waals surface area contributed by atoms with E-state index in [4.69, 9.17) is 17.0 Å². The summed E-state index contributed by atoms with van der Waals surface area (Å²) in [6, 6.07) is 7.65. The second kappa shape index (κ2) is 5.83. The number of nitrogens with zero attached hydrogens (tertiary/aromatic N) is 1. The van der Waals surface area contributed by atoms with Crippen LogP contribution in [0.4, 0.5) is 0 Å². The van der Waals surface area contributed by atoms with Crippen molar-refractivity contribution in [1.29, 1.82) is 0 Å². The molecular formula is C15H12N2O2S2. The third kappa shape index (κ3) is 2.91. The molecule has 0 saturated carbocycles. The van der Waals surface area contributed by atoms with Gasteiger partial charge < -0.3 is 10.1 Å². The number of thioether (sulfide) groups is 1. The van der Waals surface area contributed by atoms with Gasteiger partial charge in [0.2, 0.25) is 0 Å². The van der Waals surface area contributed by atoms with E-state index in [2.05, 4.69) is 10.3 Å². The molecule has 1 aliphatic rings. The highest BCUT2D eigenvalue weighted by Crippen LogP contribution is 2.29. The Balaban J connectivity index is 2.04. The molecule has 1 aromatic heterocycles. The summed E-state index contributed by atoms with van der Waals surface area (Å²) in [4.78, 5) is 16.6. The van der Waals surface area contributed by atoms with Crippen LogP contribution in [0.3, 0.4) is 0 Å². The van der Waals surface area contributed by atoms with Gasteiger partial charge in [-0.2, -0.15) is 0 Å². The molecule has 2 heterocycles. The Kier molecular flexibility index (Phi) is 3.90. The molecular weight excluding hydrogens is 304 g/mol. The molecule has 0 bridgehead atoms. The average Bonchev–Trinajstić information content (AvgIpc) is 2.78. The molecule has 1 fully saturated rings. The minimum absolute atomic E-state index is 0.152. The van der Waals surface area contributed by atoms with Crippen LogP contribution in [0.15, 0.2) is 35.4 Å². The minimum atomic E-state index is -0.152. The maximum Gasteiger partial charge on any atom is 0.263 e. The number of pyridine rings is 1. The van der Waals surface area contributed by atoms with Crippen molar-refractivity contribution in [3.8, 4) is 5.75 Å². The first kappa shape index (κ1) is 14.0. The van der Waals surface area contributed by atoms with Crippen molar-refractivity contribution in [2.75, 3.05) is 6.61 Å². The summed E-state index contributed by atoms with van der Waals surface area (Å²) in [6.07, 6.45) is 3.55. The molecule has 1 saturated heterocycles. The lowest BCUT2D eigenvalue weighted by atomic mass is 10.1. The van der Waals surface area contributed by atoms with Crippen LogP contribution in [0.1, 0.15) is 12.5 Å². The first-order chi connectivity index (χ1) is 10.2. The van der Waals surface area contributed by atoms with Crippen LogP contribution < -0.4 is 10.1 Å². The standard InChI is InChI=1S/C15H12N2O2S2/c1-2-19-12-5-6-16-11-4-3-9(7-10(11)12)8-13-14(18)17-15(20)21-13/h3-8H,2H2,1H3,(H,17,18,20)/b13-8+. The summed E-state index contributed by atoms with van der Waals surface area (Å²) in [5, 5.41) is 3.54. The molecule has 2 aromatic rings. The summed E-state index contributed by atoms with van der Waals surface area (Å²) in [6.45, 7) is 2.54. The van der Waals surface area contributed by atoms with Crippen LogP contribution in [0.5, 0.6) is 5.75 Å². The van der Waals surface area contributed by atoms with Gasteiger partial charge >= 0.3 is 0 Å². The number of nitrogens with one attached hydrogen (secondary N) is 1. The molecule has 3 rings (SSSR count). The number of amides is 1. The summed E-state index contributed by atoms with van der Waals surface area (Å²) in [5.41, 5.74) is 1.78. The molecule has 1 N–H and O–H groups in total. The third-order valence-electron chi connectivity index (χ3n) is 2.97. The number of rotatable bonds is 3. The van der Waals surface area contributed by atoms with Crippen molar-refractivity contribution in [3.63, 3.8) is 0 Å². The van der Waals surface area contributed by atoms with Crippen LogP contribution in [-0.2, 0) is 4.79 Å². The number of carbonyl (C=O) groups is 1. The van der Waals surface area contributed by atoms with Gasteiger partial charge in [0, 0.05) is 11.6 Å². The Hall–Kier alpha value is -1.92. The minimum Gasteiger partial charge on any atom is -0.493 e. The van der Waals surface area contributed by atoms with Crippen molar-refractivity contribution >= 4 is 51.2 Å². The topological polar surface area (TPSA) is 51.2 Å². The van der Waals surface area contributed by atoms with Gasteiger partial charge in [-0.3, -0.25) is 9.78 Å². The van der Waals surface area contributed by atoms with E-state index in [0.717, 1.165) is 22.2 Å². The molecule has 4 nitrogen and oxygen atoms in total. The number of fused-ring (bicyclic) bond motifs is 1. The molecule has 0 spiro atoms. The van der Waals surface area contributed by atoms with E-state index in [9.17, 15) is 4.79 Å². The zero-order chi connectivity index (χ0) is 14.8. The van der Waals surface area contributed by atoms with Crippen molar-refractivity contribution < 1.29 is 9.53 Å². The summed E-state index contributed by atoms with van der Waals surface area (Å²) in [7, 11) is 0. The Labute approximate surface area is 131 Å². The zero-order valence-electron chi connectivity index (χ0n) is 11.3. The van der Waals surface area contributed by atoms with Gasteiger partial charge in [0.1, 0.15) is 10.1 Å². The molecule has 0 radical (unpaired) electrons. The van der Waals surface area contributed by atoms with Crippen LogP contribution >= 0.6 is 24.0 Å². The number of thiocarbonyl (C=S) groups is 1. The van der Waals surface area contributed by atoms with Crippen LogP contribution in [0.2, 0.25) is 0 Å². The highest BCUT2D eigenvalue weighted by atomic mass is 32.2. The number of aromatic nitrogens is 1. The molecule has 1 amide bonds. The Bertz CT molecular complexity index is 771. The van der Waals surface area contributed by atoms with E-state index in [1.54, 1.807) is 6.20 Å². The monoisotopic (exact) mass is 316 g/mol. The molecule has 106 valence electrons. The maximum atomic E-state index is 11.7. The largest absolute Gasteiger partial charge is 0.493 e. The predicted molar refractivity (Wildman–Crippen MR) is 89.2 cm³/mol. The maximum absolute atomic E-state index is 11.7. The van der Waals surface area contributed by atoms with Gasteiger partial charge in [0.05, 0.1) is 17.0 Å². The molecule has 1 aromatic carbocycles. The molecule has 1 aliphatic heterocycles. The van der Waals surface area contributed by atoms with Crippen molar-refractivity contribution in [1.82, 2.24) is 10.3 Å². The van der Waals surface area contributed by atoms with Gasteiger partial charge in [0.25, 0.3) is 5.91 Å². The van der Waals surface area contributed by atoms with Crippen LogP contribution in [0.25, 0.3) is 17.0 Å². The Morgan fingerprint density at radius 3 is 3.00 bits per heavy atom. The second-order valence-corrected chi connectivity index (χ2v) is 6.09. The van der Waals surface area contributed by atoms with Crippen molar-refractivity contribution in [2.45, 2.75) is 6.92 Å². The quantitative estimate of drug-likeness (QED) is 0.696. The molecule has 21 heavy (non-hydrogen) atoms. The predicted octanol–water partition coefficient (Wildman–Crippen LogP) is 3.12. The van der Waals surface area contributed by atoms with Gasteiger partial charge in [-0.25, -0.2) is 0 Å². The van der Waals surface area contributed by atoms with E-state index < -0.39 is 0 Å². The lowest BCUT2D eigenvalue weighted by Gasteiger charge is -2.07. The van der Waals surface area contributed by atoms with E-state index >= 15 is 0 Å². The first-order valence-electron chi connectivity index (χ1n) is 6.44. The highest BCUT2D eigenvalue weighted by molar-refractivity contribution is 8.26. The van der Waals surface area contributed by atoms with Crippen LogP contribution in [0, 0.1) is 0 Å². The smallest absolute Gasteiger partial charge is 0.263 e. The SMILES string of the molecule is CCOc1ccnc2ccc(/C=C3/SC(=S)NC3=O)cc12. The fourth-order valence-corrected chi connectivity index (χ4v) is 3.13. The number of benzene rings is 1. The molecule has 0 atom stereocenters. The molecule has 0 aliphatic carbocycles. The number of hydrogen-bond donors (Lipinski definition) is 1. The van der Waals surface area contributed by atoms with Crippen LogP contribution in [-0.4, -0.2) is 21.8 Å². The fraction of sp³-hybridized carbons (Fsp3) is 0.133. The molecule has 6 heteroatoms. The third-order valence-corrected chi connectivity index (χ3v) is 4.13. The average molecular weight is 316 g/mol. The lowest BCUT2D eigenvalue weighted by molar-refractivity contribution is -0.115. The van der Waals surface area contributed by atoms with Gasteiger partial charge in [-0.15, -0.1) is 0 Å². The van der Waals surface area contributed by atoms with Gasteiger partial charge in [0.15, 0.2) is 0 Å². The highest BCUT2D eigenvalue weighted by Gasteiger charge is 2.21. The Morgan fingerprint density at radius 1 is 1.43 bits per heavy atom. The van der Waals surface area contributed by atoms with E-state index in [0.29, 0.717) is 15.8 Å². The van der Waals surface area contributed by atoms with Gasteiger partial charge in [-0.05, 0) is 36.8 Å². The van der Waals surface area contributed by atoms with Crippen molar-refractivity contribution in [2.24, 2.45) is 0 Å².